The van der Waals surface area contributed by atoms with Gasteiger partial charge >= 0.3 is 0 Å². The fourth-order valence-electron chi connectivity index (χ4n) is 1.59. The van der Waals surface area contributed by atoms with Crippen LogP contribution in [0.3, 0.4) is 0 Å². The predicted molar refractivity (Wildman–Crippen MR) is 66.8 cm³/mol. The van der Waals surface area contributed by atoms with E-state index in [1.54, 1.807) is 12.1 Å². The molecule has 0 amide bonds. The van der Waals surface area contributed by atoms with E-state index in [2.05, 4.69) is 0 Å². The third-order valence-corrected chi connectivity index (χ3v) is 2.48. The summed E-state index contributed by atoms with van der Waals surface area (Å²) in [5, 5.41) is 11.1. The molecular weight excluding hydrogens is 235 g/mol. The molecule has 2 aromatic rings. The summed E-state index contributed by atoms with van der Waals surface area (Å²) in [4.78, 5) is 10.1. The highest BCUT2D eigenvalue weighted by Gasteiger charge is 2.11. The molecule has 0 bridgehead atoms. The van der Waals surface area contributed by atoms with Crippen LogP contribution in [0.4, 0.5) is 15.9 Å². The summed E-state index contributed by atoms with van der Waals surface area (Å²) in [7, 11) is 0. The molecule has 2 aromatic carbocycles. The minimum atomic E-state index is -0.542. The Morgan fingerprint density at radius 3 is 2.50 bits per heavy atom. The molecule has 0 unspecified atom stereocenters. The van der Waals surface area contributed by atoms with Crippen molar-refractivity contribution in [2.24, 2.45) is 0 Å². The highest BCUT2D eigenvalue weighted by molar-refractivity contribution is 5.51. The van der Waals surface area contributed by atoms with Crippen molar-refractivity contribution in [1.29, 1.82) is 0 Å². The lowest BCUT2D eigenvalue weighted by atomic mass is 10.2. The van der Waals surface area contributed by atoms with Gasteiger partial charge in [-0.25, -0.2) is 5.12 Å². The van der Waals surface area contributed by atoms with Gasteiger partial charge in [0.15, 0.2) is 0 Å². The lowest BCUT2D eigenvalue weighted by molar-refractivity contribution is -0.384. The molecule has 5 heteroatoms. The van der Waals surface area contributed by atoms with Crippen molar-refractivity contribution < 1.29 is 9.40 Å². The second kappa shape index (κ2) is 5.27. The van der Waals surface area contributed by atoms with Crippen LogP contribution in [-0.4, -0.2) is 4.92 Å². The highest BCUT2D eigenvalue weighted by Crippen LogP contribution is 2.22. The number of nitro benzene ring substituents is 1. The molecule has 18 heavy (non-hydrogen) atoms. The van der Waals surface area contributed by atoms with Gasteiger partial charge in [-0.15, -0.1) is 0 Å². The third kappa shape index (κ3) is 2.82. The van der Waals surface area contributed by atoms with Gasteiger partial charge in [0, 0.05) is 12.1 Å². The maximum absolute atomic E-state index is 13.9. The van der Waals surface area contributed by atoms with Gasteiger partial charge in [-0.05, 0) is 11.6 Å². The number of rotatable bonds is 4. The Morgan fingerprint density at radius 1 is 1.11 bits per heavy atom. The summed E-state index contributed by atoms with van der Waals surface area (Å²) >= 11 is 0. The standard InChI is InChI=1S/C13H11FN2O2/c14-15(10-11-5-2-1-3-6-11)12-7-4-8-13(9-12)16(17)18/h1-9H,10H2. The van der Waals surface area contributed by atoms with E-state index in [1.165, 1.54) is 24.3 Å². The topological polar surface area (TPSA) is 46.4 Å². The molecule has 0 fully saturated rings. The van der Waals surface area contributed by atoms with Gasteiger partial charge in [-0.3, -0.25) is 10.1 Å². The lowest BCUT2D eigenvalue weighted by Gasteiger charge is -2.13. The van der Waals surface area contributed by atoms with E-state index in [0.29, 0.717) is 5.12 Å². The van der Waals surface area contributed by atoms with Crippen LogP contribution in [0.5, 0.6) is 0 Å². The summed E-state index contributed by atoms with van der Waals surface area (Å²) in [6.07, 6.45) is 0. The zero-order valence-corrected chi connectivity index (χ0v) is 9.49. The quantitative estimate of drug-likeness (QED) is 0.471. The molecule has 0 saturated carbocycles. The van der Waals surface area contributed by atoms with Crippen LogP contribution >= 0.6 is 0 Å². The number of hydrogen-bond donors (Lipinski definition) is 0. The maximum atomic E-state index is 13.9. The number of nitrogens with zero attached hydrogens (tertiary/aromatic N) is 2. The second-order valence-corrected chi connectivity index (χ2v) is 3.78. The molecule has 2 rings (SSSR count). The Hall–Kier alpha value is -2.43. The van der Waals surface area contributed by atoms with Crippen LogP contribution in [0.2, 0.25) is 0 Å². The number of halogens is 1. The molecule has 0 aliphatic carbocycles. The van der Waals surface area contributed by atoms with E-state index in [0.717, 1.165) is 5.56 Å². The highest BCUT2D eigenvalue weighted by atomic mass is 19.2. The molecule has 0 saturated heterocycles. The Labute approximate surface area is 103 Å². The first-order valence-electron chi connectivity index (χ1n) is 5.38. The third-order valence-electron chi connectivity index (χ3n) is 2.48. The van der Waals surface area contributed by atoms with Crippen LogP contribution < -0.4 is 5.12 Å². The van der Waals surface area contributed by atoms with Crippen molar-refractivity contribution in [2.75, 3.05) is 5.12 Å². The molecule has 92 valence electrons. The van der Waals surface area contributed by atoms with Gasteiger partial charge < -0.3 is 0 Å². The first kappa shape index (κ1) is 12.0. The summed E-state index contributed by atoms with van der Waals surface area (Å²) in [5.41, 5.74) is 0.850. The number of hydrogen-bond acceptors (Lipinski definition) is 3. The van der Waals surface area contributed by atoms with Gasteiger partial charge in [-0.1, -0.05) is 40.9 Å². The number of benzene rings is 2. The summed E-state index contributed by atoms with van der Waals surface area (Å²) < 4.78 is 13.9. The Bertz CT molecular complexity index is 546. The number of anilines is 1. The lowest BCUT2D eigenvalue weighted by Crippen LogP contribution is -2.11. The molecule has 0 atom stereocenters. The Morgan fingerprint density at radius 2 is 1.83 bits per heavy atom. The molecule has 0 radical (unpaired) electrons. The van der Waals surface area contributed by atoms with Crippen molar-refractivity contribution >= 4 is 11.4 Å². The minimum Gasteiger partial charge on any atom is -0.258 e. The minimum absolute atomic E-state index is 0.0575. The second-order valence-electron chi connectivity index (χ2n) is 3.78. The Kier molecular flexibility index (Phi) is 3.52. The fraction of sp³-hybridized carbons (Fsp3) is 0.0769. The molecule has 0 heterocycles. The average molecular weight is 246 g/mol. The van der Waals surface area contributed by atoms with E-state index in [9.17, 15) is 14.6 Å². The smallest absolute Gasteiger partial charge is 0.258 e. The number of nitro groups is 1. The van der Waals surface area contributed by atoms with E-state index < -0.39 is 4.92 Å². The normalized spacial score (nSPS) is 10.1. The van der Waals surface area contributed by atoms with Gasteiger partial charge in [0.1, 0.15) is 0 Å². The number of non-ortho nitro benzene ring substituents is 1. The SMILES string of the molecule is O=[N+]([O-])c1cccc(N(F)Cc2ccccc2)c1. The van der Waals surface area contributed by atoms with Gasteiger partial charge in [-0.2, -0.15) is 0 Å². The van der Waals surface area contributed by atoms with Gasteiger partial charge in [0.05, 0.1) is 17.2 Å². The monoisotopic (exact) mass is 246 g/mol. The molecule has 4 nitrogen and oxygen atoms in total. The molecular formula is C13H11FN2O2. The van der Waals surface area contributed by atoms with Crippen molar-refractivity contribution in [3.8, 4) is 0 Å². The maximum Gasteiger partial charge on any atom is 0.271 e. The van der Waals surface area contributed by atoms with Crippen molar-refractivity contribution in [1.82, 2.24) is 0 Å². The van der Waals surface area contributed by atoms with Crippen LogP contribution in [0.15, 0.2) is 54.6 Å². The van der Waals surface area contributed by atoms with Crippen molar-refractivity contribution in [3.05, 3.63) is 70.3 Å². The molecule has 0 aliphatic heterocycles. The van der Waals surface area contributed by atoms with Crippen LogP contribution in [0.25, 0.3) is 0 Å². The van der Waals surface area contributed by atoms with Crippen molar-refractivity contribution in [2.45, 2.75) is 6.54 Å². The zero-order valence-electron chi connectivity index (χ0n) is 9.49. The first-order chi connectivity index (χ1) is 8.66. The fourth-order valence-corrected chi connectivity index (χ4v) is 1.59. The molecule has 0 N–H and O–H groups in total. The molecule has 0 spiro atoms. The average Bonchev–Trinajstić information content (AvgIpc) is 2.40. The van der Waals surface area contributed by atoms with E-state index in [1.807, 2.05) is 18.2 Å². The summed E-state index contributed by atoms with van der Waals surface area (Å²) in [6.45, 7) is 0.0575. The predicted octanol–water partition coefficient (Wildman–Crippen LogP) is 3.49. The Balaban J connectivity index is 2.16. The summed E-state index contributed by atoms with van der Waals surface area (Å²) in [6, 6.07) is 14.6. The largest absolute Gasteiger partial charge is 0.271 e. The van der Waals surface area contributed by atoms with E-state index in [-0.39, 0.29) is 17.9 Å². The van der Waals surface area contributed by atoms with Crippen molar-refractivity contribution in [3.63, 3.8) is 0 Å². The molecule has 0 aromatic heterocycles. The van der Waals surface area contributed by atoms with Crippen LogP contribution in [-0.2, 0) is 6.54 Å². The zero-order chi connectivity index (χ0) is 13.0. The molecule has 0 aliphatic rings. The van der Waals surface area contributed by atoms with Gasteiger partial charge in [0.25, 0.3) is 5.69 Å². The van der Waals surface area contributed by atoms with Crippen LogP contribution in [0, 0.1) is 10.1 Å². The summed E-state index contributed by atoms with van der Waals surface area (Å²) in [5.74, 6) is 0. The van der Waals surface area contributed by atoms with Gasteiger partial charge in [0.2, 0.25) is 0 Å². The van der Waals surface area contributed by atoms with E-state index in [4.69, 9.17) is 0 Å². The van der Waals surface area contributed by atoms with E-state index >= 15 is 0 Å². The first-order valence-corrected chi connectivity index (χ1v) is 5.38. The van der Waals surface area contributed by atoms with Crippen LogP contribution in [0.1, 0.15) is 5.56 Å².